The average molecular weight is 288 g/mol. The van der Waals surface area contributed by atoms with E-state index in [9.17, 15) is 4.79 Å². The minimum atomic E-state index is -0.471. The summed E-state index contributed by atoms with van der Waals surface area (Å²) in [6.45, 7) is 0. The standard InChI is InChI=1S/C18H12N2O2/c21-18-20-16(13-6-2-1-3-7-13)17(22-18)14-10-4-8-12-9-5-11-19-15(12)14/h1-11H,(H,20,21). The average Bonchev–Trinajstić information content (AvgIpc) is 2.97. The van der Waals surface area contributed by atoms with Gasteiger partial charge in [-0.25, -0.2) is 4.79 Å². The number of hydrogen-bond donors (Lipinski definition) is 1. The highest BCUT2D eigenvalue weighted by Gasteiger charge is 2.16. The zero-order valence-corrected chi connectivity index (χ0v) is 11.6. The molecular weight excluding hydrogens is 276 g/mol. The summed E-state index contributed by atoms with van der Waals surface area (Å²) in [7, 11) is 0. The van der Waals surface area contributed by atoms with Crippen molar-refractivity contribution in [2.45, 2.75) is 0 Å². The lowest BCUT2D eigenvalue weighted by atomic mass is 10.0. The molecule has 0 amide bonds. The molecule has 0 unspecified atom stereocenters. The van der Waals surface area contributed by atoms with E-state index >= 15 is 0 Å². The first-order chi connectivity index (χ1) is 10.8. The van der Waals surface area contributed by atoms with Crippen LogP contribution in [0, 0.1) is 0 Å². The summed E-state index contributed by atoms with van der Waals surface area (Å²) in [6.07, 6.45) is 1.73. The van der Waals surface area contributed by atoms with Gasteiger partial charge < -0.3 is 4.42 Å². The maximum atomic E-state index is 11.8. The third-order valence-corrected chi connectivity index (χ3v) is 3.59. The normalized spacial score (nSPS) is 10.9. The van der Waals surface area contributed by atoms with Crippen LogP contribution in [0.2, 0.25) is 0 Å². The van der Waals surface area contributed by atoms with E-state index in [-0.39, 0.29) is 0 Å². The van der Waals surface area contributed by atoms with E-state index in [2.05, 4.69) is 9.97 Å². The van der Waals surface area contributed by atoms with E-state index in [1.807, 2.05) is 60.7 Å². The number of H-pyrrole nitrogens is 1. The molecule has 0 spiro atoms. The molecule has 4 aromatic rings. The Hall–Kier alpha value is -3.14. The molecule has 22 heavy (non-hydrogen) atoms. The third-order valence-electron chi connectivity index (χ3n) is 3.59. The summed E-state index contributed by atoms with van der Waals surface area (Å²) >= 11 is 0. The van der Waals surface area contributed by atoms with Crippen molar-refractivity contribution < 1.29 is 4.42 Å². The number of benzene rings is 2. The number of nitrogens with zero attached hydrogens (tertiary/aromatic N) is 1. The number of rotatable bonds is 2. The van der Waals surface area contributed by atoms with Gasteiger partial charge in [-0.1, -0.05) is 48.5 Å². The lowest BCUT2D eigenvalue weighted by Crippen LogP contribution is -1.94. The second kappa shape index (κ2) is 5.00. The van der Waals surface area contributed by atoms with Gasteiger partial charge in [0.15, 0.2) is 5.76 Å². The predicted octanol–water partition coefficient (Wildman–Crippen LogP) is 3.85. The van der Waals surface area contributed by atoms with Crippen molar-refractivity contribution in [3.05, 3.63) is 77.4 Å². The summed E-state index contributed by atoms with van der Waals surface area (Å²) in [5.41, 5.74) is 3.18. The molecule has 4 nitrogen and oxygen atoms in total. The van der Waals surface area contributed by atoms with Gasteiger partial charge in [-0.3, -0.25) is 9.97 Å². The molecule has 0 bridgehead atoms. The Kier molecular flexibility index (Phi) is 2.86. The maximum absolute atomic E-state index is 11.8. The molecule has 0 aliphatic carbocycles. The SMILES string of the molecule is O=c1[nH]c(-c2ccccc2)c(-c2cccc3cccnc23)o1. The molecule has 2 heterocycles. The van der Waals surface area contributed by atoms with E-state index < -0.39 is 5.76 Å². The van der Waals surface area contributed by atoms with Crippen molar-refractivity contribution in [3.63, 3.8) is 0 Å². The monoisotopic (exact) mass is 288 g/mol. The molecule has 0 aliphatic heterocycles. The first kappa shape index (κ1) is 12.6. The van der Waals surface area contributed by atoms with Gasteiger partial charge in [-0.15, -0.1) is 0 Å². The number of aromatic amines is 1. The quantitative estimate of drug-likeness (QED) is 0.609. The maximum Gasteiger partial charge on any atom is 0.417 e. The molecule has 0 saturated heterocycles. The molecule has 106 valence electrons. The number of nitrogens with one attached hydrogen (secondary N) is 1. The van der Waals surface area contributed by atoms with Gasteiger partial charge in [0, 0.05) is 22.7 Å². The first-order valence-electron chi connectivity index (χ1n) is 6.95. The van der Waals surface area contributed by atoms with E-state index in [0.717, 1.165) is 22.0 Å². The molecular formula is C18H12N2O2. The van der Waals surface area contributed by atoms with Gasteiger partial charge in [-0.05, 0) is 12.1 Å². The summed E-state index contributed by atoms with van der Waals surface area (Å²) in [5, 5.41) is 1.00. The second-order valence-electron chi connectivity index (χ2n) is 4.97. The van der Waals surface area contributed by atoms with Gasteiger partial charge in [0.1, 0.15) is 0 Å². The van der Waals surface area contributed by atoms with Crippen molar-refractivity contribution in [3.8, 4) is 22.6 Å². The summed E-state index contributed by atoms with van der Waals surface area (Å²) in [6, 6.07) is 19.3. The van der Waals surface area contributed by atoms with Gasteiger partial charge in [0.25, 0.3) is 0 Å². The fourth-order valence-electron chi connectivity index (χ4n) is 2.61. The van der Waals surface area contributed by atoms with Gasteiger partial charge in [-0.2, -0.15) is 0 Å². The zero-order valence-electron chi connectivity index (χ0n) is 11.6. The molecule has 2 aromatic carbocycles. The molecule has 2 aromatic heterocycles. The van der Waals surface area contributed by atoms with E-state index in [1.165, 1.54) is 0 Å². The second-order valence-corrected chi connectivity index (χ2v) is 4.97. The Bertz CT molecular complexity index is 995. The summed E-state index contributed by atoms with van der Waals surface area (Å²) < 4.78 is 5.41. The minimum absolute atomic E-state index is 0.471. The molecule has 0 aliphatic rings. The number of fused-ring (bicyclic) bond motifs is 1. The van der Waals surface area contributed by atoms with Crippen LogP contribution >= 0.6 is 0 Å². The molecule has 0 saturated carbocycles. The van der Waals surface area contributed by atoms with Crippen LogP contribution in [0.4, 0.5) is 0 Å². The Morgan fingerprint density at radius 3 is 2.59 bits per heavy atom. The first-order valence-corrected chi connectivity index (χ1v) is 6.95. The number of aromatic nitrogens is 2. The van der Waals surface area contributed by atoms with Crippen molar-refractivity contribution in [2.75, 3.05) is 0 Å². The highest BCUT2D eigenvalue weighted by atomic mass is 16.4. The van der Waals surface area contributed by atoms with Gasteiger partial charge >= 0.3 is 5.76 Å². The van der Waals surface area contributed by atoms with E-state index in [0.29, 0.717) is 11.5 Å². The Balaban J connectivity index is 2.02. The fourth-order valence-corrected chi connectivity index (χ4v) is 2.61. The molecule has 1 N–H and O–H groups in total. The fraction of sp³-hybridized carbons (Fsp3) is 0. The Morgan fingerprint density at radius 1 is 0.909 bits per heavy atom. The summed E-state index contributed by atoms with van der Waals surface area (Å²) in [5.74, 6) is 0.0438. The highest BCUT2D eigenvalue weighted by molar-refractivity contribution is 5.95. The molecule has 4 rings (SSSR count). The number of hydrogen-bond acceptors (Lipinski definition) is 3. The molecule has 0 fully saturated rings. The number of para-hydroxylation sites is 1. The van der Waals surface area contributed by atoms with Crippen LogP contribution in [0.1, 0.15) is 0 Å². The summed E-state index contributed by atoms with van der Waals surface area (Å²) in [4.78, 5) is 19.0. The van der Waals surface area contributed by atoms with Crippen LogP contribution < -0.4 is 5.76 Å². The lowest BCUT2D eigenvalue weighted by molar-refractivity contribution is 0.529. The van der Waals surface area contributed by atoms with Crippen LogP contribution in [0.5, 0.6) is 0 Å². The van der Waals surface area contributed by atoms with E-state index in [4.69, 9.17) is 4.42 Å². The minimum Gasteiger partial charge on any atom is -0.407 e. The van der Waals surface area contributed by atoms with Crippen molar-refractivity contribution in [1.82, 2.24) is 9.97 Å². The predicted molar refractivity (Wildman–Crippen MR) is 85.5 cm³/mol. The molecule has 0 radical (unpaired) electrons. The number of oxazole rings is 1. The topological polar surface area (TPSA) is 58.9 Å². The lowest BCUT2D eigenvalue weighted by Gasteiger charge is -2.05. The zero-order chi connectivity index (χ0) is 14.9. The highest BCUT2D eigenvalue weighted by Crippen LogP contribution is 2.33. The van der Waals surface area contributed by atoms with Crippen molar-refractivity contribution in [2.24, 2.45) is 0 Å². The Morgan fingerprint density at radius 2 is 1.73 bits per heavy atom. The molecule has 4 heteroatoms. The van der Waals surface area contributed by atoms with Crippen LogP contribution in [-0.2, 0) is 0 Å². The van der Waals surface area contributed by atoms with Crippen molar-refractivity contribution >= 4 is 10.9 Å². The number of pyridine rings is 1. The molecule has 0 atom stereocenters. The third kappa shape index (κ3) is 2.02. The van der Waals surface area contributed by atoms with Gasteiger partial charge in [0.2, 0.25) is 0 Å². The van der Waals surface area contributed by atoms with Crippen LogP contribution in [0.15, 0.2) is 76.1 Å². The van der Waals surface area contributed by atoms with Crippen molar-refractivity contribution in [1.29, 1.82) is 0 Å². The smallest absolute Gasteiger partial charge is 0.407 e. The Labute approximate surface area is 126 Å². The largest absolute Gasteiger partial charge is 0.417 e. The van der Waals surface area contributed by atoms with Crippen LogP contribution in [0.25, 0.3) is 33.5 Å². The van der Waals surface area contributed by atoms with Crippen LogP contribution in [0.3, 0.4) is 0 Å². The van der Waals surface area contributed by atoms with E-state index in [1.54, 1.807) is 6.20 Å². The van der Waals surface area contributed by atoms with Gasteiger partial charge in [0.05, 0.1) is 11.2 Å². The van der Waals surface area contributed by atoms with Crippen LogP contribution in [-0.4, -0.2) is 9.97 Å².